The van der Waals surface area contributed by atoms with Crippen molar-refractivity contribution in [3.8, 4) is 23.0 Å². The quantitative estimate of drug-likeness (QED) is 0.328. The fourth-order valence-corrected chi connectivity index (χ4v) is 3.92. The summed E-state index contributed by atoms with van der Waals surface area (Å²) in [6.07, 6.45) is 0. The van der Waals surface area contributed by atoms with E-state index in [1.54, 1.807) is 0 Å². The van der Waals surface area contributed by atoms with Crippen LogP contribution in [0.3, 0.4) is 0 Å². The monoisotopic (exact) mass is 518 g/mol. The van der Waals surface area contributed by atoms with Gasteiger partial charge in [0.25, 0.3) is 0 Å². The predicted molar refractivity (Wildman–Crippen MR) is 140 cm³/mol. The zero-order valence-electron chi connectivity index (χ0n) is 22.7. The molecule has 2 N–H and O–H groups in total. The zero-order valence-corrected chi connectivity index (χ0v) is 22.7. The highest BCUT2D eigenvalue weighted by atomic mass is 16.5. The number of hydrogen-bond acceptors (Lipinski definition) is 8. The summed E-state index contributed by atoms with van der Waals surface area (Å²) in [6.45, 7) is 13.6. The Morgan fingerprint density at radius 2 is 0.947 bits per heavy atom. The maximum Gasteiger partial charge on any atom is 0.188 e. The van der Waals surface area contributed by atoms with Gasteiger partial charge >= 0.3 is 0 Å². The number of ether oxygens (including phenoxy) is 4. The van der Waals surface area contributed by atoms with Crippen LogP contribution in [0.4, 0.5) is 0 Å². The molecule has 2 aromatic carbocycles. The van der Waals surface area contributed by atoms with E-state index in [1.165, 1.54) is 0 Å². The van der Waals surface area contributed by atoms with Gasteiger partial charge in [0.15, 0.2) is 46.3 Å². The Kier molecular flexibility index (Phi) is 6.73. The lowest BCUT2D eigenvalue weighted by atomic mass is 9.87. The highest BCUT2D eigenvalue weighted by Gasteiger charge is 2.20. The number of nitrogens with one attached hydrogen (secondary N) is 2. The van der Waals surface area contributed by atoms with E-state index in [-0.39, 0.29) is 37.3 Å². The van der Waals surface area contributed by atoms with E-state index in [4.69, 9.17) is 18.9 Å². The first-order valence-electron chi connectivity index (χ1n) is 12.7. The van der Waals surface area contributed by atoms with Gasteiger partial charge in [-0.05, 0) is 46.2 Å². The molecule has 0 fully saturated rings. The lowest BCUT2D eigenvalue weighted by molar-refractivity contribution is 0.242. The second kappa shape index (κ2) is 10.00. The Morgan fingerprint density at radius 3 is 1.34 bits per heavy atom. The summed E-state index contributed by atoms with van der Waals surface area (Å²) < 4.78 is 24.4. The van der Waals surface area contributed by atoms with Crippen LogP contribution in [0.5, 0.6) is 23.0 Å². The molecule has 10 heteroatoms. The number of aromatic amines is 2. The van der Waals surface area contributed by atoms with E-state index in [2.05, 4.69) is 71.9 Å². The van der Waals surface area contributed by atoms with E-state index in [9.17, 15) is 0 Å². The first kappa shape index (κ1) is 25.6. The van der Waals surface area contributed by atoms with E-state index < -0.39 is 0 Å². The number of benzene rings is 2. The number of hydrogen-bond donors (Lipinski definition) is 2. The SMILES string of the molecule is CC(C)(C)c1ccc2c(c1)OCc1n[nH]c(n1)COc1ccc(C(C)(C)C)cc1OCc1n[nH]c(n1)CO2. The standard InChI is InChI=1S/C28H34N6O4/c1-27(2,3)17-7-9-19-21(11-17)37-15-25-29-24(32-33-25)14-36-20-10-8-18(28(4,5)6)12-22(20)38-16-26-30-23(13-35-19)31-34-26/h7-12H,13-16H2,1-6H3,(H,29,32,33)(H,30,31,34). The molecule has 0 unspecified atom stereocenters. The molecule has 0 aliphatic carbocycles. The van der Waals surface area contributed by atoms with Crippen LogP contribution in [-0.4, -0.2) is 30.4 Å². The van der Waals surface area contributed by atoms with Gasteiger partial charge in [-0.2, -0.15) is 10.2 Å². The van der Waals surface area contributed by atoms with Crippen molar-refractivity contribution in [2.75, 3.05) is 0 Å². The zero-order chi connectivity index (χ0) is 26.9. The summed E-state index contributed by atoms with van der Waals surface area (Å²) in [5, 5.41) is 14.5. The molecule has 4 bridgehead atoms. The van der Waals surface area contributed by atoms with Crippen LogP contribution in [0.2, 0.25) is 0 Å². The minimum Gasteiger partial charge on any atom is -0.482 e. The molecule has 200 valence electrons. The number of H-pyrrole nitrogens is 2. The van der Waals surface area contributed by atoms with Gasteiger partial charge in [-0.25, -0.2) is 9.97 Å². The third-order valence-corrected chi connectivity index (χ3v) is 6.22. The Balaban J connectivity index is 1.45. The van der Waals surface area contributed by atoms with Crippen LogP contribution in [0.15, 0.2) is 36.4 Å². The number of nitrogens with zero attached hydrogens (tertiary/aromatic N) is 4. The van der Waals surface area contributed by atoms with Crippen molar-refractivity contribution < 1.29 is 18.9 Å². The van der Waals surface area contributed by atoms with Crippen molar-refractivity contribution in [3.63, 3.8) is 0 Å². The third-order valence-electron chi connectivity index (χ3n) is 6.22. The fraction of sp³-hybridized carbons (Fsp3) is 0.429. The molecule has 0 atom stereocenters. The van der Waals surface area contributed by atoms with E-state index in [1.807, 2.05) is 36.4 Å². The maximum absolute atomic E-state index is 6.13. The molecular weight excluding hydrogens is 484 g/mol. The van der Waals surface area contributed by atoms with Crippen molar-refractivity contribution in [3.05, 3.63) is 70.8 Å². The predicted octanol–water partition coefficient (Wildman–Crippen LogP) is 5.15. The average Bonchev–Trinajstić information content (AvgIpc) is 3.51. The first-order valence-corrected chi connectivity index (χ1v) is 12.7. The summed E-state index contributed by atoms with van der Waals surface area (Å²) in [7, 11) is 0. The van der Waals surface area contributed by atoms with Gasteiger partial charge in [0, 0.05) is 0 Å². The molecule has 38 heavy (non-hydrogen) atoms. The molecule has 0 amide bonds. The van der Waals surface area contributed by atoms with E-state index in [0.29, 0.717) is 46.3 Å². The van der Waals surface area contributed by atoms with Crippen LogP contribution in [0.25, 0.3) is 0 Å². The van der Waals surface area contributed by atoms with Crippen LogP contribution in [0.1, 0.15) is 76.0 Å². The van der Waals surface area contributed by atoms with Crippen LogP contribution in [0, 0.1) is 0 Å². The van der Waals surface area contributed by atoms with Gasteiger partial charge in [0.1, 0.15) is 26.4 Å². The van der Waals surface area contributed by atoms with Crippen molar-refractivity contribution in [2.24, 2.45) is 0 Å². The Bertz CT molecular complexity index is 1310. The van der Waals surface area contributed by atoms with Crippen molar-refractivity contribution in [1.29, 1.82) is 0 Å². The number of aromatic nitrogens is 6. The average molecular weight is 519 g/mol. The van der Waals surface area contributed by atoms with Crippen LogP contribution >= 0.6 is 0 Å². The molecule has 1 aliphatic heterocycles. The number of rotatable bonds is 0. The first-order chi connectivity index (χ1) is 18.0. The fourth-order valence-electron chi connectivity index (χ4n) is 3.92. The molecule has 0 saturated heterocycles. The van der Waals surface area contributed by atoms with E-state index in [0.717, 1.165) is 11.1 Å². The van der Waals surface area contributed by atoms with E-state index >= 15 is 0 Å². The maximum atomic E-state index is 6.13. The highest BCUT2D eigenvalue weighted by Crippen LogP contribution is 2.35. The summed E-state index contributed by atoms with van der Waals surface area (Å²) in [6, 6.07) is 11.9. The number of fused-ring (bicyclic) bond motifs is 6. The van der Waals surface area contributed by atoms with Crippen LogP contribution < -0.4 is 18.9 Å². The van der Waals surface area contributed by atoms with Gasteiger partial charge in [-0.15, -0.1) is 0 Å². The minimum atomic E-state index is -0.0523. The Hall–Kier alpha value is -4.08. The second-order valence-corrected chi connectivity index (χ2v) is 11.4. The topological polar surface area (TPSA) is 120 Å². The lowest BCUT2D eigenvalue weighted by Crippen LogP contribution is -2.12. The molecule has 5 rings (SSSR count). The molecule has 4 aromatic rings. The third kappa shape index (κ3) is 5.90. The summed E-state index contributed by atoms with van der Waals surface area (Å²) >= 11 is 0. The summed E-state index contributed by atoms with van der Waals surface area (Å²) in [4.78, 5) is 9.07. The highest BCUT2D eigenvalue weighted by molar-refractivity contribution is 5.46. The second-order valence-electron chi connectivity index (χ2n) is 11.4. The molecule has 10 nitrogen and oxygen atoms in total. The van der Waals surface area contributed by atoms with Crippen LogP contribution in [-0.2, 0) is 37.3 Å². The smallest absolute Gasteiger partial charge is 0.188 e. The van der Waals surface area contributed by atoms with Gasteiger partial charge < -0.3 is 18.9 Å². The largest absolute Gasteiger partial charge is 0.482 e. The molecular formula is C28H34N6O4. The van der Waals surface area contributed by atoms with Gasteiger partial charge in [-0.1, -0.05) is 53.7 Å². The molecule has 2 aromatic heterocycles. The van der Waals surface area contributed by atoms with Crippen molar-refractivity contribution >= 4 is 0 Å². The molecule has 0 saturated carbocycles. The minimum absolute atomic E-state index is 0.0523. The Labute approximate surface area is 222 Å². The summed E-state index contributed by atoms with van der Waals surface area (Å²) in [5.41, 5.74) is 2.14. The lowest BCUT2D eigenvalue weighted by Gasteiger charge is -2.21. The molecule has 1 aliphatic rings. The Morgan fingerprint density at radius 1 is 0.553 bits per heavy atom. The molecule has 0 radical (unpaired) electrons. The van der Waals surface area contributed by atoms with Crippen molar-refractivity contribution in [1.82, 2.24) is 30.4 Å². The summed E-state index contributed by atoms with van der Waals surface area (Å²) in [5.74, 6) is 4.57. The van der Waals surface area contributed by atoms with Gasteiger partial charge in [0.05, 0.1) is 0 Å². The van der Waals surface area contributed by atoms with Gasteiger partial charge in [-0.3, -0.25) is 10.2 Å². The molecule has 0 spiro atoms. The normalized spacial score (nSPS) is 14.5. The molecule has 3 heterocycles. The van der Waals surface area contributed by atoms with Gasteiger partial charge in [0.2, 0.25) is 0 Å². The van der Waals surface area contributed by atoms with Crippen molar-refractivity contribution in [2.45, 2.75) is 78.8 Å².